The average molecular weight is 390 g/mol. The molecule has 0 bridgehead atoms. The summed E-state index contributed by atoms with van der Waals surface area (Å²) in [7, 11) is 1.82. The van der Waals surface area contributed by atoms with E-state index in [0.29, 0.717) is 6.54 Å². The van der Waals surface area contributed by atoms with Crippen LogP contribution in [0.25, 0.3) is 10.8 Å². The average Bonchev–Trinajstić information content (AvgIpc) is 2.78. The number of likely N-dealkylation sites (N-methyl/N-ethyl adjacent to an activating group) is 1. The van der Waals surface area contributed by atoms with Gasteiger partial charge in [0.15, 0.2) is 6.61 Å². The number of nitrogens with zero attached hydrogens (tertiary/aromatic N) is 2. The largest absolute Gasteiger partial charge is 0.483 e. The quantitative estimate of drug-likeness (QED) is 0.643. The molecule has 1 aliphatic heterocycles. The topological polar surface area (TPSA) is 42.0 Å². The number of anilines is 1. The Bertz CT molecular complexity index is 977. The normalized spacial score (nSPS) is 14.0. The van der Waals surface area contributed by atoms with Gasteiger partial charge in [-0.2, -0.15) is 0 Å². The van der Waals surface area contributed by atoms with Crippen LogP contribution >= 0.6 is 0 Å². The number of morpholine rings is 1. The van der Waals surface area contributed by atoms with Crippen molar-refractivity contribution < 1.29 is 14.3 Å². The minimum atomic E-state index is -0.0466. The van der Waals surface area contributed by atoms with Crippen LogP contribution in [0.2, 0.25) is 0 Å². The number of hydrogen-bond acceptors (Lipinski definition) is 4. The molecule has 0 atom stereocenters. The first-order chi connectivity index (χ1) is 14.2. The van der Waals surface area contributed by atoms with Crippen molar-refractivity contribution in [2.24, 2.45) is 0 Å². The predicted molar refractivity (Wildman–Crippen MR) is 115 cm³/mol. The summed E-state index contributed by atoms with van der Waals surface area (Å²) in [6.07, 6.45) is 0. The number of rotatable bonds is 6. The lowest BCUT2D eigenvalue weighted by molar-refractivity contribution is -0.132. The van der Waals surface area contributed by atoms with E-state index in [1.165, 1.54) is 5.69 Å². The van der Waals surface area contributed by atoms with Crippen molar-refractivity contribution in [2.75, 3.05) is 44.9 Å². The lowest BCUT2D eigenvalue weighted by Crippen LogP contribution is -2.37. The molecule has 1 aliphatic rings. The Morgan fingerprint density at radius 1 is 1.00 bits per heavy atom. The van der Waals surface area contributed by atoms with Crippen LogP contribution in [-0.4, -0.2) is 50.8 Å². The second kappa shape index (κ2) is 8.97. The minimum absolute atomic E-state index is 0.0181. The number of carbonyl (C=O) groups excluding carboxylic acids is 1. The highest BCUT2D eigenvalue weighted by Gasteiger charge is 2.17. The Morgan fingerprint density at radius 3 is 2.59 bits per heavy atom. The lowest BCUT2D eigenvalue weighted by atomic mass is 10.1. The van der Waals surface area contributed by atoms with Crippen molar-refractivity contribution in [2.45, 2.75) is 6.54 Å². The molecule has 0 saturated carbocycles. The molecule has 1 saturated heterocycles. The van der Waals surface area contributed by atoms with Gasteiger partial charge in [-0.1, -0.05) is 54.6 Å². The standard InChI is InChI=1S/C24H26N2O3/c1-25(17-20-8-3-5-11-22(20)26-13-15-28-16-14-26)24(27)18-29-23-12-6-9-19-7-2-4-10-21(19)23/h2-12H,13-18H2,1H3. The Balaban J connectivity index is 1.41. The summed E-state index contributed by atoms with van der Waals surface area (Å²) in [6.45, 7) is 3.79. The van der Waals surface area contributed by atoms with Crippen LogP contribution in [0.5, 0.6) is 5.75 Å². The zero-order chi connectivity index (χ0) is 20.1. The third kappa shape index (κ3) is 4.51. The number of para-hydroxylation sites is 1. The summed E-state index contributed by atoms with van der Waals surface area (Å²) in [5, 5.41) is 2.12. The van der Waals surface area contributed by atoms with E-state index in [9.17, 15) is 4.79 Å². The molecule has 5 nitrogen and oxygen atoms in total. The molecule has 0 spiro atoms. The van der Waals surface area contributed by atoms with E-state index in [4.69, 9.17) is 9.47 Å². The molecule has 150 valence electrons. The van der Waals surface area contributed by atoms with Crippen molar-refractivity contribution in [3.8, 4) is 5.75 Å². The van der Waals surface area contributed by atoms with Gasteiger partial charge in [0.25, 0.3) is 5.91 Å². The number of benzene rings is 3. The molecule has 3 aromatic carbocycles. The molecule has 0 N–H and O–H groups in total. The molecule has 0 aromatic heterocycles. The molecule has 0 unspecified atom stereocenters. The van der Waals surface area contributed by atoms with Crippen LogP contribution in [0, 0.1) is 0 Å². The van der Waals surface area contributed by atoms with Crippen molar-refractivity contribution in [3.05, 3.63) is 72.3 Å². The maximum absolute atomic E-state index is 12.7. The van der Waals surface area contributed by atoms with Gasteiger partial charge in [-0.05, 0) is 23.1 Å². The van der Waals surface area contributed by atoms with Gasteiger partial charge in [-0.15, -0.1) is 0 Å². The number of carbonyl (C=O) groups is 1. The second-order valence-corrected chi connectivity index (χ2v) is 7.24. The maximum atomic E-state index is 12.7. The summed E-state index contributed by atoms with van der Waals surface area (Å²) in [5.41, 5.74) is 2.31. The van der Waals surface area contributed by atoms with E-state index in [-0.39, 0.29) is 12.5 Å². The smallest absolute Gasteiger partial charge is 0.260 e. The van der Waals surface area contributed by atoms with Crippen molar-refractivity contribution in [3.63, 3.8) is 0 Å². The van der Waals surface area contributed by atoms with Crippen LogP contribution in [-0.2, 0) is 16.1 Å². The SMILES string of the molecule is CN(Cc1ccccc1N1CCOCC1)C(=O)COc1cccc2ccccc12. The molecule has 0 radical (unpaired) electrons. The van der Waals surface area contributed by atoms with E-state index in [0.717, 1.165) is 48.4 Å². The van der Waals surface area contributed by atoms with Gasteiger partial charge in [-0.25, -0.2) is 0 Å². The number of ether oxygens (including phenoxy) is 2. The van der Waals surface area contributed by atoms with E-state index >= 15 is 0 Å². The predicted octanol–water partition coefficient (Wildman–Crippen LogP) is 3.71. The first-order valence-corrected chi connectivity index (χ1v) is 9.97. The first kappa shape index (κ1) is 19.3. The summed E-state index contributed by atoms with van der Waals surface area (Å²) < 4.78 is 11.3. The Morgan fingerprint density at radius 2 is 1.72 bits per heavy atom. The fraction of sp³-hybridized carbons (Fsp3) is 0.292. The van der Waals surface area contributed by atoms with Crippen molar-refractivity contribution in [1.29, 1.82) is 0 Å². The highest BCUT2D eigenvalue weighted by molar-refractivity contribution is 5.88. The Kier molecular flexibility index (Phi) is 5.96. The van der Waals surface area contributed by atoms with Gasteiger partial charge in [0, 0.05) is 37.8 Å². The fourth-order valence-corrected chi connectivity index (χ4v) is 3.67. The van der Waals surface area contributed by atoms with Crippen molar-refractivity contribution >= 4 is 22.4 Å². The molecule has 0 aliphatic carbocycles. The molecular formula is C24H26N2O3. The second-order valence-electron chi connectivity index (χ2n) is 7.24. The Hall–Kier alpha value is -3.05. The molecular weight excluding hydrogens is 364 g/mol. The lowest BCUT2D eigenvalue weighted by Gasteiger charge is -2.31. The number of hydrogen-bond donors (Lipinski definition) is 0. The van der Waals surface area contributed by atoms with Gasteiger partial charge in [0.1, 0.15) is 5.75 Å². The minimum Gasteiger partial charge on any atom is -0.483 e. The summed E-state index contributed by atoms with van der Waals surface area (Å²) >= 11 is 0. The highest BCUT2D eigenvalue weighted by atomic mass is 16.5. The zero-order valence-electron chi connectivity index (χ0n) is 16.7. The van der Waals surface area contributed by atoms with Crippen LogP contribution in [0.1, 0.15) is 5.56 Å². The summed E-state index contributed by atoms with van der Waals surface area (Å²) in [4.78, 5) is 16.8. The summed E-state index contributed by atoms with van der Waals surface area (Å²) in [6, 6.07) is 22.2. The third-order valence-electron chi connectivity index (χ3n) is 5.28. The molecule has 4 rings (SSSR count). The molecule has 3 aromatic rings. The van der Waals surface area contributed by atoms with E-state index < -0.39 is 0 Å². The molecule has 1 amide bonds. The number of amides is 1. The van der Waals surface area contributed by atoms with E-state index in [1.54, 1.807) is 4.90 Å². The number of fused-ring (bicyclic) bond motifs is 1. The summed E-state index contributed by atoms with van der Waals surface area (Å²) in [5.74, 6) is 0.688. The van der Waals surface area contributed by atoms with Gasteiger partial charge >= 0.3 is 0 Å². The van der Waals surface area contributed by atoms with E-state index in [2.05, 4.69) is 17.0 Å². The fourth-order valence-electron chi connectivity index (χ4n) is 3.67. The highest BCUT2D eigenvalue weighted by Crippen LogP contribution is 2.26. The molecule has 5 heteroatoms. The first-order valence-electron chi connectivity index (χ1n) is 9.97. The zero-order valence-corrected chi connectivity index (χ0v) is 16.7. The van der Waals surface area contributed by atoms with E-state index in [1.807, 2.05) is 61.6 Å². The van der Waals surface area contributed by atoms with Gasteiger partial charge in [-0.3, -0.25) is 4.79 Å². The monoisotopic (exact) mass is 390 g/mol. The van der Waals surface area contributed by atoms with Crippen LogP contribution in [0.4, 0.5) is 5.69 Å². The van der Waals surface area contributed by atoms with Crippen LogP contribution in [0.15, 0.2) is 66.7 Å². The molecule has 1 heterocycles. The Labute approximate surface area is 171 Å². The van der Waals surface area contributed by atoms with Gasteiger partial charge in [0.2, 0.25) is 0 Å². The van der Waals surface area contributed by atoms with Gasteiger partial charge in [0.05, 0.1) is 13.2 Å². The maximum Gasteiger partial charge on any atom is 0.260 e. The van der Waals surface area contributed by atoms with Crippen LogP contribution in [0.3, 0.4) is 0 Å². The van der Waals surface area contributed by atoms with Crippen LogP contribution < -0.4 is 9.64 Å². The van der Waals surface area contributed by atoms with Crippen molar-refractivity contribution in [1.82, 2.24) is 4.90 Å². The third-order valence-corrected chi connectivity index (χ3v) is 5.28. The molecule has 29 heavy (non-hydrogen) atoms. The van der Waals surface area contributed by atoms with Gasteiger partial charge < -0.3 is 19.3 Å². The molecule has 1 fully saturated rings.